The molecule has 0 fully saturated rings. The van der Waals surface area contributed by atoms with Gasteiger partial charge in [0.2, 0.25) is 0 Å². The summed E-state index contributed by atoms with van der Waals surface area (Å²) in [5.74, 6) is 0. The average molecular weight is 1890 g/mol. The third-order valence-electron chi connectivity index (χ3n) is 30.7. The molecule has 0 saturated carbocycles. The Morgan fingerprint density at radius 1 is 0.143 bits per heavy atom. The predicted octanol–water partition coefficient (Wildman–Crippen LogP) is 40.9. The van der Waals surface area contributed by atoms with E-state index >= 15 is 0 Å². The highest BCUT2D eigenvalue weighted by molar-refractivity contribution is 7.25. The minimum absolute atomic E-state index is 0.772. The maximum atomic E-state index is 7.42. The summed E-state index contributed by atoms with van der Waals surface area (Å²) in [6.45, 7) is 0. The first-order chi connectivity index (χ1) is 72.9. The number of para-hydroxylation sites is 5. The Hall–Kier alpha value is -19.3. The zero-order valence-corrected chi connectivity index (χ0v) is 79.9. The van der Waals surface area contributed by atoms with Gasteiger partial charge in [0.15, 0.2) is 0 Å². The molecule has 0 spiro atoms. The second-order valence-electron chi connectivity index (χ2n) is 38.5. The Morgan fingerprint density at radius 2 is 0.469 bits per heavy atom. The number of anilines is 9. The highest BCUT2D eigenvalue weighted by Crippen LogP contribution is 2.56. The van der Waals surface area contributed by atoms with Crippen molar-refractivity contribution in [1.29, 1.82) is 0 Å². The van der Waals surface area contributed by atoms with Crippen LogP contribution < -0.4 is 14.7 Å². The molecule has 684 valence electrons. The summed E-state index contributed by atoms with van der Waals surface area (Å²) in [5.41, 5.74) is 30.4. The number of rotatable bonds is 15. The first-order valence-corrected chi connectivity index (χ1v) is 50.9. The van der Waals surface area contributed by atoms with Crippen LogP contribution >= 0.6 is 11.3 Å². The lowest BCUT2D eigenvalue weighted by molar-refractivity contribution is 0.669. The molecule has 0 atom stereocenters. The molecule has 6 heterocycles. The van der Waals surface area contributed by atoms with Crippen LogP contribution in [0.2, 0.25) is 0 Å². The Kier molecular flexibility index (Phi) is 18.3. The number of hydrogen-bond donors (Lipinski definition) is 0. The molecule has 0 aliphatic heterocycles. The number of fused-ring (bicyclic) bond motifs is 27. The molecule has 0 saturated heterocycles. The van der Waals surface area contributed by atoms with Crippen LogP contribution in [0.4, 0.5) is 51.2 Å². The SMILES string of the molecule is c1ccc(N(c2ccc(-c3cccc4c3oc3ccc(-c5cccc6c5ccc5c6oc6cccc(-c7ccccc7N(c7ccc8c(c7)oc7c(-c9cccc%10c9ccc9c%10oc%10cccc(-c%11ccccc%11N(c%11ccc%12c(c%11)sc%11ccccc%11%12)c%11cccc%12ccccc%11%12)c%109)cccc78)c7cccc8ccccc78)c65)cc34)cc2)c2cccc3ccccc23)c(-c2cccc3oc4c5ccccc5ccc4c23)c1. The summed E-state index contributed by atoms with van der Waals surface area (Å²) < 4.78 is 38.2. The standard InChI is InChI=1S/C138H81N3O5S/c1-5-34-92-82(27-1)31-17-56-118(92)139(121-53-13-9-38-100(121)106-45-24-59-125-131(106)114-71-65-85-30-4-8-37-95(85)135(114)143-125)88-67-63-86(64-68-88)96-43-21-52-113-117-79-87(66-78-124(117)142-134(96)113)91-42-20-48-110-98(91)74-76-115-132-107(46-25-60-126(132)144-137(110)115)101-39-10-14-54-122(101)140(119-57-18-32-83-28-2-6-35-93(83)119)89-69-72-103-112-51-23-50-109(136(112)146-128(103)80-89)97-44-22-49-111-99(97)75-77-116-133-108(47-26-61-127(133)145-138(111)116)102-40-11-15-55-123(102)141(120-58-19-33-84-29-3-7-36-94(84)120)90-70-73-105-104-41-12-16-62-129(104)147-130(105)81-90/h1-81H. The molecule has 25 aromatic carbocycles. The van der Waals surface area contributed by atoms with Crippen molar-refractivity contribution < 1.29 is 22.1 Å². The van der Waals surface area contributed by atoms with Gasteiger partial charge in [-0.15, -0.1) is 11.3 Å². The molecule has 0 bridgehead atoms. The van der Waals surface area contributed by atoms with Gasteiger partial charge in [-0.25, -0.2) is 0 Å². The van der Waals surface area contributed by atoms with Crippen molar-refractivity contribution in [3.05, 3.63) is 491 Å². The Balaban J connectivity index is 0.482. The van der Waals surface area contributed by atoms with Gasteiger partial charge < -0.3 is 36.8 Å². The summed E-state index contributed by atoms with van der Waals surface area (Å²) in [6.07, 6.45) is 0. The quantitative estimate of drug-likeness (QED) is 0.101. The van der Waals surface area contributed by atoms with Crippen LogP contribution in [0.1, 0.15) is 0 Å². The molecule has 0 amide bonds. The molecule has 31 rings (SSSR count). The lowest BCUT2D eigenvalue weighted by Crippen LogP contribution is -2.11. The van der Waals surface area contributed by atoms with Gasteiger partial charge in [0, 0.05) is 157 Å². The van der Waals surface area contributed by atoms with Crippen molar-refractivity contribution in [3.63, 3.8) is 0 Å². The van der Waals surface area contributed by atoms with Crippen molar-refractivity contribution in [2.75, 3.05) is 14.7 Å². The van der Waals surface area contributed by atoms with Crippen LogP contribution in [0.3, 0.4) is 0 Å². The lowest BCUT2D eigenvalue weighted by atomic mass is 9.93. The summed E-state index contributed by atoms with van der Waals surface area (Å²) in [4.78, 5) is 7.30. The van der Waals surface area contributed by atoms with Crippen LogP contribution in [0, 0.1) is 0 Å². The van der Waals surface area contributed by atoms with Crippen molar-refractivity contribution in [2.45, 2.75) is 0 Å². The number of nitrogens with zero attached hydrogens (tertiary/aromatic N) is 3. The molecule has 0 aliphatic rings. The van der Waals surface area contributed by atoms with E-state index in [4.69, 9.17) is 22.1 Å². The van der Waals surface area contributed by atoms with Crippen molar-refractivity contribution in [3.8, 4) is 66.8 Å². The highest BCUT2D eigenvalue weighted by Gasteiger charge is 2.31. The van der Waals surface area contributed by atoms with Gasteiger partial charge in [-0.1, -0.05) is 358 Å². The van der Waals surface area contributed by atoms with Crippen LogP contribution in [0.25, 0.3) is 261 Å². The third-order valence-corrected chi connectivity index (χ3v) is 31.8. The van der Waals surface area contributed by atoms with Gasteiger partial charge in [0.25, 0.3) is 0 Å². The Morgan fingerprint density at radius 3 is 1.02 bits per heavy atom. The smallest absolute Gasteiger partial charge is 0.143 e. The van der Waals surface area contributed by atoms with Crippen molar-refractivity contribution in [1.82, 2.24) is 0 Å². The minimum atomic E-state index is 0.772. The zero-order valence-electron chi connectivity index (χ0n) is 79.1. The van der Waals surface area contributed by atoms with Gasteiger partial charge in [0.05, 0.1) is 34.1 Å². The number of hydrogen-bond acceptors (Lipinski definition) is 9. The van der Waals surface area contributed by atoms with Gasteiger partial charge in [-0.2, -0.15) is 0 Å². The van der Waals surface area contributed by atoms with Crippen LogP contribution in [-0.2, 0) is 0 Å². The maximum absolute atomic E-state index is 7.42. The van der Waals surface area contributed by atoms with E-state index in [-0.39, 0.29) is 0 Å². The molecular weight excluding hydrogens is 1810 g/mol. The summed E-state index contributed by atoms with van der Waals surface area (Å²) >= 11 is 1.84. The minimum Gasteiger partial charge on any atom is -0.455 e. The normalized spacial score (nSPS) is 12.1. The molecule has 8 nitrogen and oxygen atoms in total. The summed E-state index contributed by atoms with van der Waals surface area (Å²) in [5, 5.41) is 26.4. The zero-order chi connectivity index (χ0) is 96.2. The van der Waals surface area contributed by atoms with E-state index < -0.39 is 0 Å². The Labute approximate surface area is 845 Å². The summed E-state index contributed by atoms with van der Waals surface area (Å²) in [7, 11) is 0. The van der Waals surface area contributed by atoms with E-state index in [9.17, 15) is 0 Å². The van der Waals surface area contributed by atoms with Crippen LogP contribution in [0.5, 0.6) is 0 Å². The monoisotopic (exact) mass is 1890 g/mol. The topological polar surface area (TPSA) is 75.4 Å². The van der Waals surface area contributed by atoms with E-state index in [2.05, 4.69) is 506 Å². The van der Waals surface area contributed by atoms with E-state index in [0.717, 1.165) is 282 Å². The lowest BCUT2D eigenvalue weighted by Gasteiger charge is -2.29. The van der Waals surface area contributed by atoms with Crippen molar-refractivity contribution >= 4 is 257 Å². The molecule has 0 unspecified atom stereocenters. The fourth-order valence-corrected chi connectivity index (χ4v) is 25.2. The first kappa shape index (κ1) is 82.4. The molecule has 9 heteroatoms. The molecule has 6 aromatic heterocycles. The van der Waals surface area contributed by atoms with Gasteiger partial charge in [0.1, 0.15) is 55.8 Å². The number of benzene rings is 25. The van der Waals surface area contributed by atoms with Crippen molar-refractivity contribution in [2.24, 2.45) is 0 Å². The molecule has 31 aromatic rings. The van der Waals surface area contributed by atoms with E-state index in [0.29, 0.717) is 0 Å². The third kappa shape index (κ3) is 12.8. The molecule has 0 radical (unpaired) electrons. The van der Waals surface area contributed by atoms with Crippen LogP contribution in [0.15, 0.2) is 513 Å². The highest BCUT2D eigenvalue weighted by atomic mass is 32.1. The first-order valence-electron chi connectivity index (χ1n) is 50.0. The van der Waals surface area contributed by atoms with Gasteiger partial charge >= 0.3 is 0 Å². The molecule has 0 N–H and O–H groups in total. The second-order valence-corrected chi connectivity index (χ2v) is 39.6. The Bertz CT molecular complexity index is 11000. The maximum Gasteiger partial charge on any atom is 0.143 e. The van der Waals surface area contributed by atoms with Gasteiger partial charge in [-0.05, 0) is 199 Å². The van der Waals surface area contributed by atoms with Gasteiger partial charge in [-0.3, -0.25) is 0 Å². The molecule has 147 heavy (non-hydrogen) atoms. The predicted molar refractivity (Wildman–Crippen MR) is 617 cm³/mol. The summed E-state index contributed by atoms with van der Waals surface area (Å²) in [6, 6.07) is 178. The largest absolute Gasteiger partial charge is 0.455 e. The van der Waals surface area contributed by atoms with E-state index in [1.165, 1.54) is 30.9 Å². The number of furan rings is 5. The fourth-order valence-electron chi connectivity index (χ4n) is 24.1. The average Bonchev–Trinajstić information content (AvgIpc) is 1.60. The molecular formula is C138H81N3O5S. The fraction of sp³-hybridized carbons (Fsp3) is 0. The van der Waals surface area contributed by atoms with Crippen LogP contribution in [-0.4, -0.2) is 0 Å². The van der Waals surface area contributed by atoms with E-state index in [1.54, 1.807) is 0 Å². The second kappa shape index (κ2) is 32.6. The number of thiophene rings is 1. The van der Waals surface area contributed by atoms with E-state index in [1.807, 2.05) is 11.3 Å². The molecule has 0 aliphatic carbocycles.